The molecule has 1 aromatic heterocycles. The highest BCUT2D eigenvalue weighted by molar-refractivity contribution is 5.57. The zero-order chi connectivity index (χ0) is 10.0. The fourth-order valence-electron chi connectivity index (χ4n) is 1.18. The molecular formula is C10H14N2O. The molecular weight excluding hydrogens is 164 g/mol. The lowest BCUT2D eigenvalue weighted by molar-refractivity contribution is 0.431. The molecule has 0 aromatic carbocycles. The minimum absolute atomic E-state index is 0.237. The summed E-state index contributed by atoms with van der Waals surface area (Å²) in [5.74, 6) is 0.237. The first kappa shape index (κ1) is 9.45. The maximum absolute atomic E-state index is 9.37. The summed E-state index contributed by atoms with van der Waals surface area (Å²) in [4.78, 5) is 0. The molecule has 0 fully saturated rings. The van der Waals surface area contributed by atoms with Crippen LogP contribution in [-0.4, -0.2) is 9.67 Å². The fraction of sp³-hybridized carbons (Fsp3) is 0.200. The Kier molecular flexibility index (Phi) is 2.46. The zero-order valence-electron chi connectivity index (χ0n) is 7.91. The Balaban J connectivity index is 3.21. The minimum Gasteiger partial charge on any atom is -0.494 e. The molecule has 0 aliphatic rings. The van der Waals surface area contributed by atoms with Crippen LogP contribution in [0.2, 0.25) is 0 Å². The van der Waals surface area contributed by atoms with Gasteiger partial charge in [-0.3, -0.25) is 0 Å². The predicted molar refractivity (Wildman–Crippen MR) is 54.2 cm³/mol. The summed E-state index contributed by atoms with van der Waals surface area (Å²) in [6.07, 6.45) is 3.35. The van der Waals surface area contributed by atoms with Gasteiger partial charge in [-0.2, -0.15) is 0 Å². The average Bonchev–Trinajstić information content (AvgIpc) is 2.32. The van der Waals surface area contributed by atoms with Crippen LogP contribution >= 0.6 is 0 Å². The highest BCUT2D eigenvalue weighted by atomic mass is 16.3. The van der Waals surface area contributed by atoms with Gasteiger partial charge in [0, 0.05) is 24.5 Å². The van der Waals surface area contributed by atoms with Gasteiger partial charge in [0.2, 0.25) is 0 Å². The number of allylic oxidation sites excluding steroid dienone is 1. The van der Waals surface area contributed by atoms with E-state index in [0.29, 0.717) is 5.70 Å². The van der Waals surface area contributed by atoms with E-state index in [9.17, 15) is 5.11 Å². The van der Waals surface area contributed by atoms with Gasteiger partial charge in [-0.1, -0.05) is 6.58 Å². The molecule has 0 radical (unpaired) electrons. The fourth-order valence-corrected chi connectivity index (χ4v) is 1.18. The first-order valence-electron chi connectivity index (χ1n) is 4.01. The number of nitrogens with two attached hydrogens (primary N) is 1. The molecule has 3 N–H and O–H groups in total. The van der Waals surface area contributed by atoms with Gasteiger partial charge in [0.1, 0.15) is 0 Å². The Hall–Kier alpha value is -1.64. The van der Waals surface area contributed by atoms with E-state index in [2.05, 4.69) is 6.58 Å². The van der Waals surface area contributed by atoms with Gasteiger partial charge in [0.25, 0.3) is 0 Å². The molecule has 13 heavy (non-hydrogen) atoms. The van der Waals surface area contributed by atoms with Crippen LogP contribution in [0.3, 0.4) is 0 Å². The lowest BCUT2D eigenvalue weighted by atomic mass is 10.2. The number of aromatic hydroxyl groups is 1. The van der Waals surface area contributed by atoms with Gasteiger partial charge in [-0.25, -0.2) is 0 Å². The van der Waals surface area contributed by atoms with Crippen molar-refractivity contribution in [3.63, 3.8) is 0 Å². The van der Waals surface area contributed by atoms with Crippen molar-refractivity contribution < 1.29 is 5.11 Å². The Bertz CT molecular complexity index is 361. The van der Waals surface area contributed by atoms with Gasteiger partial charge in [0.15, 0.2) is 5.88 Å². The number of hydrogen-bond donors (Lipinski definition) is 2. The van der Waals surface area contributed by atoms with Gasteiger partial charge in [-0.05, 0) is 24.6 Å². The lowest BCUT2D eigenvalue weighted by Crippen LogP contribution is -1.96. The molecule has 1 rings (SSSR count). The van der Waals surface area contributed by atoms with Crippen molar-refractivity contribution in [2.45, 2.75) is 6.92 Å². The first-order valence-corrected chi connectivity index (χ1v) is 4.01. The van der Waals surface area contributed by atoms with Crippen molar-refractivity contribution in [2.24, 2.45) is 12.8 Å². The van der Waals surface area contributed by atoms with Crippen LogP contribution in [0.5, 0.6) is 5.88 Å². The third kappa shape index (κ3) is 1.75. The number of aromatic nitrogens is 1. The van der Waals surface area contributed by atoms with Crippen LogP contribution in [0.25, 0.3) is 6.08 Å². The highest BCUT2D eigenvalue weighted by Gasteiger charge is 2.05. The van der Waals surface area contributed by atoms with Crippen LogP contribution in [0.15, 0.2) is 24.4 Å². The van der Waals surface area contributed by atoms with Crippen LogP contribution in [0, 0.1) is 6.92 Å². The van der Waals surface area contributed by atoms with Crippen molar-refractivity contribution >= 4 is 6.08 Å². The topological polar surface area (TPSA) is 51.2 Å². The summed E-state index contributed by atoms with van der Waals surface area (Å²) >= 11 is 0. The van der Waals surface area contributed by atoms with Crippen LogP contribution in [0.4, 0.5) is 0 Å². The number of hydrogen-bond acceptors (Lipinski definition) is 2. The third-order valence-electron chi connectivity index (χ3n) is 1.99. The molecule has 0 bridgehead atoms. The maximum Gasteiger partial charge on any atom is 0.191 e. The van der Waals surface area contributed by atoms with Gasteiger partial charge < -0.3 is 15.4 Å². The van der Waals surface area contributed by atoms with Crippen LogP contribution < -0.4 is 5.73 Å². The zero-order valence-corrected chi connectivity index (χ0v) is 7.91. The Morgan fingerprint density at radius 2 is 2.31 bits per heavy atom. The second-order valence-electron chi connectivity index (χ2n) is 2.98. The van der Waals surface area contributed by atoms with E-state index in [4.69, 9.17) is 5.73 Å². The minimum atomic E-state index is 0.237. The summed E-state index contributed by atoms with van der Waals surface area (Å²) in [7, 11) is 1.78. The molecule has 0 unspecified atom stereocenters. The largest absolute Gasteiger partial charge is 0.494 e. The molecule has 0 atom stereocenters. The van der Waals surface area contributed by atoms with E-state index >= 15 is 0 Å². The van der Waals surface area contributed by atoms with Crippen LogP contribution in [0.1, 0.15) is 11.3 Å². The number of nitrogens with zero attached hydrogens (tertiary/aromatic N) is 1. The monoisotopic (exact) mass is 178 g/mol. The molecule has 0 saturated heterocycles. The second-order valence-corrected chi connectivity index (χ2v) is 2.98. The summed E-state index contributed by atoms with van der Waals surface area (Å²) in [6, 6.07) is 1.70. The van der Waals surface area contributed by atoms with E-state index in [1.807, 2.05) is 6.92 Å². The average molecular weight is 178 g/mol. The normalized spacial score (nSPS) is 11.7. The Morgan fingerprint density at radius 1 is 1.69 bits per heavy atom. The van der Waals surface area contributed by atoms with Gasteiger partial charge in [0.05, 0.1) is 0 Å². The molecule has 3 heteroatoms. The van der Waals surface area contributed by atoms with Crippen molar-refractivity contribution in [2.75, 3.05) is 0 Å². The van der Waals surface area contributed by atoms with Crippen LogP contribution in [-0.2, 0) is 7.05 Å². The molecule has 70 valence electrons. The van der Waals surface area contributed by atoms with E-state index in [1.54, 1.807) is 29.8 Å². The summed E-state index contributed by atoms with van der Waals surface area (Å²) in [5, 5.41) is 9.37. The van der Waals surface area contributed by atoms with Gasteiger partial charge in [-0.15, -0.1) is 0 Å². The molecule has 0 aliphatic carbocycles. The van der Waals surface area contributed by atoms with E-state index < -0.39 is 0 Å². The van der Waals surface area contributed by atoms with Crippen molar-refractivity contribution in [1.82, 2.24) is 4.57 Å². The molecule has 0 saturated carbocycles. The molecule has 1 heterocycles. The molecule has 0 amide bonds. The van der Waals surface area contributed by atoms with Gasteiger partial charge >= 0.3 is 0 Å². The maximum atomic E-state index is 9.37. The van der Waals surface area contributed by atoms with E-state index in [1.165, 1.54) is 0 Å². The highest BCUT2D eigenvalue weighted by Crippen LogP contribution is 2.20. The third-order valence-corrected chi connectivity index (χ3v) is 1.99. The first-order chi connectivity index (χ1) is 6.06. The standard InChI is InChI=1S/C10H14N2O/c1-4-8(11)6-9-7(2)5-10(13)12(9)3/h4-6,13H,1,11H2,2-3H3/b8-6+. The summed E-state index contributed by atoms with van der Waals surface area (Å²) < 4.78 is 1.67. The quantitative estimate of drug-likeness (QED) is 0.675. The Labute approximate surface area is 77.8 Å². The smallest absolute Gasteiger partial charge is 0.191 e. The van der Waals surface area contributed by atoms with Crippen molar-refractivity contribution in [1.29, 1.82) is 0 Å². The summed E-state index contributed by atoms with van der Waals surface area (Å²) in [5.41, 5.74) is 8.08. The molecule has 3 nitrogen and oxygen atoms in total. The number of rotatable bonds is 2. The second kappa shape index (κ2) is 3.39. The molecule has 0 spiro atoms. The molecule has 1 aromatic rings. The molecule has 0 aliphatic heterocycles. The summed E-state index contributed by atoms with van der Waals surface area (Å²) in [6.45, 7) is 5.48. The Morgan fingerprint density at radius 3 is 2.69 bits per heavy atom. The predicted octanol–water partition coefficient (Wildman–Crippen LogP) is 1.52. The lowest BCUT2D eigenvalue weighted by Gasteiger charge is -2.00. The van der Waals surface area contributed by atoms with Crippen molar-refractivity contribution in [3.8, 4) is 5.88 Å². The number of aryl methyl sites for hydroxylation is 1. The van der Waals surface area contributed by atoms with E-state index in [-0.39, 0.29) is 5.88 Å². The van der Waals surface area contributed by atoms with Crippen molar-refractivity contribution in [3.05, 3.63) is 35.7 Å². The SMILES string of the molecule is C=C/C(N)=C\c1c(C)cc(O)n1C. The van der Waals surface area contributed by atoms with E-state index in [0.717, 1.165) is 11.3 Å².